The molecule has 0 saturated carbocycles. The SMILES string of the molecule is Cn1cc(C(C)(C)NC(=O)c2cnc(-c3ccc(C(F)(F)F)cc3)s2)nn1. The van der Waals surface area contributed by atoms with E-state index in [1.54, 1.807) is 31.8 Å². The zero-order valence-electron chi connectivity index (χ0n) is 14.7. The quantitative estimate of drug-likeness (QED) is 0.732. The van der Waals surface area contributed by atoms with Crippen LogP contribution in [0.2, 0.25) is 0 Å². The molecule has 0 spiro atoms. The van der Waals surface area contributed by atoms with Crippen LogP contribution in [0.5, 0.6) is 0 Å². The molecule has 3 aromatic rings. The first-order chi connectivity index (χ1) is 12.6. The van der Waals surface area contributed by atoms with Crippen molar-refractivity contribution in [2.24, 2.45) is 7.05 Å². The van der Waals surface area contributed by atoms with Crippen molar-refractivity contribution in [3.05, 3.63) is 52.8 Å². The molecule has 0 radical (unpaired) electrons. The van der Waals surface area contributed by atoms with Gasteiger partial charge in [0.1, 0.15) is 15.6 Å². The molecular formula is C17H16F3N5OS. The van der Waals surface area contributed by atoms with Gasteiger partial charge in [-0.2, -0.15) is 13.2 Å². The van der Waals surface area contributed by atoms with Crippen molar-refractivity contribution in [3.8, 4) is 10.6 Å². The average molecular weight is 395 g/mol. The molecule has 6 nitrogen and oxygen atoms in total. The molecule has 0 saturated heterocycles. The highest BCUT2D eigenvalue weighted by atomic mass is 32.1. The standard InChI is InChI=1S/C17H16F3N5OS/c1-16(2,13-9-25(3)24-23-13)22-14(26)12-8-21-15(27-12)10-4-6-11(7-5-10)17(18,19)20/h4-9H,1-3H3,(H,22,26). The van der Waals surface area contributed by atoms with E-state index in [4.69, 9.17) is 0 Å². The number of carbonyl (C=O) groups excluding carboxylic acids is 1. The molecular weight excluding hydrogens is 379 g/mol. The Labute approximate surface area is 157 Å². The zero-order chi connectivity index (χ0) is 19.8. The van der Waals surface area contributed by atoms with Crippen LogP contribution < -0.4 is 5.32 Å². The van der Waals surface area contributed by atoms with E-state index in [-0.39, 0.29) is 5.91 Å². The van der Waals surface area contributed by atoms with E-state index in [0.717, 1.165) is 23.5 Å². The Kier molecular flexibility index (Phi) is 4.77. The Morgan fingerprint density at radius 2 is 1.85 bits per heavy atom. The van der Waals surface area contributed by atoms with E-state index >= 15 is 0 Å². The number of aromatic nitrogens is 4. The summed E-state index contributed by atoms with van der Waals surface area (Å²) in [5.74, 6) is -0.346. The second kappa shape index (κ2) is 6.76. The van der Waals surface area contributed by atoms with Crippen molar-refractivity contribution in [3.63, 3.8) is 0 Å². The molecule has 0 bridgehead atoms. The first-order valence-corrected chi connectivity index (χ1v) is 8.71. The van der Waals surface area contributed by atoms with Crippen LogP contribution in [0, 0.1) is 0 Å². The molecule has 27 heavy (non-hydrogen) atoms. The zero-order valence-corrected chi connectivity index (χ0v) is 15.5. The number of alkyl halides is 3. The lowest BCUT2D eigenvalue weighted by atomic mass is 10.0. The molecule has 3 rings (SSSR count). The van der Waals surface area contributed by atoms with E-state index in [9.17, 15) is 18.0 Å². The van der Waals surface area contributed by atoms with Crippen LogP contribution >= 0.6 is 11.3 Å². The van der Waals surface area contributed by atoms with Crippen LogP contribution in [-0.4, -0.2) is 25.9 Å². The second-order valence-corrected chi connectivity index (χ2v) is 7.49. The normalized spacial score (nSPS) is 12.2. The highest BCUT2D eigenvalue weighted by molar-refractivity contribution is 7.16. The maximum absolute atomic E-state index is 12.7. The minimum Gasteiger partial charge on any atom is -0.341 e. The van der Waals surface area contributed by atoms with E-state index in [1.807, 2.05) is 0 Å². The molecule has 142 valence electrons. The van der Waals surface area contributed by atoms with Crippen LogP contribution in [0.4, 0.5) is 13.2 Å². The van der Waals surface area contributed by atoms with Crippen LogP contribution in [-0.2, 0) is 18.8 Å². The third kappa shape index (κ3) is 4.16. The number of nitrogens with one attached hydrogen (secondary N) is 1. The number of halogens is 3. The van der Waals surface area contributed by atoms with Crippen molar-refractivity contribution in [1.82, 2.24) is 25.3 Å². The molecule has 2 aromatic heterocycles. The average Bonchev–Trinajstić information content (AvgIpc) is 3.23. The first-order valence-electron chi connectivity index (χ1n) is 7.89. The van der Waals surface area contributed by atoms with Gasteiger partial charge in [-0.05, 0) is 26.0 Å². The van der Waals surface area contributed by atoms with Crippen molar-refractivity contribution in [2.75, 3.05) is 0 Å². The van der Waals surface area contributed by atoms with E-state index < -0.39 is 17.3 Å². The predicted octanol–water partition coefficient (Wildman–Crippen LogP) is 3.62. The van der Waals surface area contributed by atoms with Crippen molar-refractivity contribution < 1.29 is 18.0 Å². The molecule has 2 heterocycles. The Morgan fingerprint density at radius 3 is 2.41 bits per heavy atom. The first kappa shape index (κ1) is 19.0. The van der Waals surface area contributed by atoms with Crippen LogP contribution in [0.25, 0.3) is 10.6 Å². The summed E-state index contributed by atoms with van der Waals surface area (Å²) >= 11 is 1.10. The summed E-state index contributed by atoms with van der Waals surface area (Å²) in [4.78, 5) is 17.0. The summed E-state index contributed by atoms with van der Waals surface area (Å²) in [7, 11) is 1.73. The third-order valence-electron chi connectivity index (χ3n) is 3.86. The number of amides is 1. The largest absolute Gasteiger partial charge is 0.416 e. The Bertz CT molecular complexity index is 960. The van der Waals surface area contributed by atoms with Crippen molar-refractivity contribution >= 4 is 17.2 Å². The van der Waals surface area contributed by atoms with Gasteiger partial charge < -0.3 is 5.32 Å². The predicted molar refractivity (Wildman–Crippen MR) is 94.0 cm³/mol. The molecule has 1 amide bonds. The Hall–Kier alpha value is -2.75. The topological polar surface area (TPSA) is 72.7 Å². The second-order valence-electron chi connectivity index (χ2n) is 6.46. The fraction of sp³-hybridized carbons (Fsp3) is 0.294. The van der Waals surface area contributed by atoms with Gasteiger partial charge >= 0.3 is 6.18 Å². The lowest BCUT2D eigenvalue weighted by molar-refractivity contribution is -0.137. The number of nitrogens with zero attached hydrogens (tertiary/aromatic N) is 4. The van der Waals surface area contributed by atoms with Gasteiger partial charge in [0.25, 0.3) is 5.91 Å². The number of benzene rings is 1. The van der Waals surface area contributed by atoms with Gasteiger partial charge in [-0.1, -0.05) is 17.3 Å². The fourth-order valence-electron chi connectivity index (χ4n) is 2.36. The number of aryl methyl sites for hydroxylation is 1. The van der Waals surface area contributed by atoms with Crippen molar-refractivity contribution in [1.29, 1.82) is 0 Å². The Balaban J connectivity index is 1.76. The number of hydrogen-bond donors (Lipinski definition) is 1. The molecule has 0 fully saturated rings. The van der Waals surface area contributed by atoms with Gasteiger partial charge in [-0.15, -0.1) is 16.4 Å². The Morgan fingerprint density at radius 1 is 1.19 bits per heavy atom. The molecule has 0 aliphatic heterocycles. The van der Waals surface area contributed by atoms with Crippen molar-refractivity contribution in [2.45, 2.75) is 25.6 Å². The van der Waals surface area contributed by atoms with Gasteiger partial charge in [0.15, 0.2) is 0 Å². The summed E-state index contributed by atoms with van der Waals surface area (Å²) in [5.41, 5.74) is -0.360. The molecule has 0 aliphatic carbocycles. The molecule has 1 aromatic carbocycles. The molecule has 0 atom stereocenters. The minimum absolute atomic E-state index is 0.346. The number of rotatable bonds is 4. The molecule has 0 unspecified atom stereocenters. The van der Waals surface area contributed by atoms with Gasteiger partial charge in [0.2, 0.25) is 0 Å². The van der Waals surface area contributed by atoms with E-state index in [1.165, 1.54) is 18.3 Å². The van der Waals surface area contributed by atoms with Crippen LogP contribution in [0.3, 0.4) is 0 Å². The summed E-state index contributed by atoms with van der Waals surface area (Å²) in [5, 5.41) is 11.2. The highest BCUT2D eigenvalue weighted by Crippen LogP contribution is 2.32. The molecule has 1 N–H and O–H groups in total. The van der Waals surface area contributed by atoms with E-state index in [0.29, 0.717) is 21.1 Å². The summed E-state index contributed by atoms with van der Waals surface area (Å²) in [6.45, 7) is 3.60. The number of thiazole rings is 1. The van der Waals surface area contributed by atoms with Gasteiger partial charge in [0, 0.05) is 12.6 Å². The van der Waals surface area contributed by atoms with Gasteiger partial charge in [-0.25, -0.2) is 4.98 Å². The fourth-order valence-corrected chi connectivity index (χ4v) is 3.17. The number of hydrogen-bond acceptors (Lipinski definition) is 5. The lowest BCUT2D eigenvalue weighted by Crippen LogP contribution is -2.41. The van der Waals surface area contributed by atoms with Crippen LogP contribution in [0.15, 0.2) is 36.7 Å². The summed E-state index contributed by atoms with van der Waals surface area (Å²) in [6, 6.07) is 4.67. The van der Waals surface area contributed by atoms with Gasteiger partial charge in [0.05, 0.1) is 23.5 Å². The molecule has 0 aliphatic rings. The summed E-state index contributed by atoms with van der Waals surface area (Å²) in [6.07, 6.45) is -1.28. The van der Waals surface area contributed by atoms with E-state index in [2.05, 4.69) is 20.6 Å². The molecule has 10 heteroatoms. The minimum atomic E-state index is -4.39. The monoisotopic (exact) mass is 395 g/mol. The maximum Gasteiger partial charge on any atom is 0.416 e. The third-order valence-corrected chi connectivity index (χ3v) is 4.90. The lowest BCUT2D eigenvalue weighted by Gasteiger charge is -2.23. The smallest absolute Gasteiger partial charge is 0.341 e. The summed E-state index contributed by atoms with van der Waals surface area (Å²) < 4.78 is 39.5. The van der Waals surface area contributed by atoms with Crippen LogP contribution in [0.1, 0.15) is 34.8 Å². The highest BCUT2D eigenvalue weighted by Gasteiger charge is 2.30. The maximum atomic E-state index is 12.7. The number of carbonyl (C=O) groups is 1. The van der Waals surface area contributed by atoms with Gasteiger partial charge in [-0.3, -0.25) is 9.48 Å².